The van der Waals surface area contributed by atoms with Crippen LogP contribution in [-0.4, -0.2) is 47.4 Å². The van der Waals surface area contributed by atoms with Crippen LogP contribution >= 0.6 is 31.5 Å². The lowest BCUT2D eigenvalue weighted by molar-refractivity contribution is 0.0919. The Morgan fingerprint density at radius 1 is 1.07 bits per heavy atom. The van der Waals surface area contributed by atoms with Crippen molar-refractivity contribution in [2.45, 2.75) is 12.2 Å². The number of halogens is 2. The van der Waals surface area contributed by atoms with E-state index in [-0.39, 0.29) is 25.0 Å². The van der Waals surface area contributed by atoms with Gasteiger partial charge in [0.1, 0.15) is 13.2 Å². The van der Waals surface area contributed by atoms with Crippen molar-refractivity contribution in [2.24, 2.45) is 0 Å². The molecule has 0 radical (unpaired) electrons. The Labute approximate surface area is 92.9 Å². The van der Waals surface area contributed by atoms with Gasteiger partial charge in [0.2, 0.25) is 0 Å². The number of alkyl halides is 2. The van der Waals surface area contributed by atoms with Gasteiger partial charge in [-0.05, 0) is 0 Å². The number of aliphatic hydroxyl groups is 2. The van der Waals surface area contributed by atoms with E-state index in [0.29, 0.717) is 0 Å². The molecule has 0 aromatic carbocycles. The summed E-state index contributed by atoms with van der Waals surface area (Å²) in [7, 11) is -2.34. The molecule has 2 N–H and O–H groups in total. The zero-order valence-electron chi connectivity index (χ0n) is 7.31. The van der Waals surface area contributed by atoms with Gasteiger partial charge in [0.15, 0.2) is 0 Å². The van der Waals surface area contributed by atoms with E-state index in [1.807, 2.05) is 0 Å². The molecule has 0 saturated heterocycles. The number of hydrogen-bond donors (Lipinski definition) is 2. The van der Waals surface area contributed by atoms with Crippen molar-refractivity contribution in [1.82, 2.24) is 0 Å². The summed E-state index contributed by atoms with van der Waals surface area (Å²) in [4.78, 5) is 0. The summed E-state index contributed by atoms with van der Waals surface area (Å²) >= 11 is 10.5. The van der Waals surface area contributed by atoms with Gasteiger partial charge < -0.3 is 10.2 Å². The van der Waals surface area contributed by atoms with Crippen LogP contribution in [0.3, 0.4) is 0 Å². The van der Waals surface area contributed by atoms with E-state index < -0.39 is 20.5 Å². The average molecular weight is 266 g/mol. The maximum atomic E-state index is 10.9. The molecule has 0 aromatic heterocycles. The van der Waals surface area contributed by atoms with E-state index >= 15 is 0 Å². The van der Waals surface area contributed by atoms with E-state index in [1.54, 1.807) is 0 Å². The highest BCUT2D eigenvalue weighted by atomic mass is 35.5. The second-order valence-corrected chi connectivity index (χ2v) is 4.01. The van der Waals surface area contributed by atoms with E-state index in [9.17, 15) is 4.57 Å². The molecule has 0 spiro atoms. The lowest BCUT2D eigenvalue weighted by Crippen LogP contribution is -2.17. The zero-order chi connectivity index (χ0) is 11.0. The van der Waals surface area contributed by atoms with Gasteiger partial charge in [-0.2, -0.15) is 0 Å². The van der Waals surface area contributed by atoms with E-state index in [2.05, 4.69) is 9.05 Å². The molecule has 2 unspecified atom stereocenters. The van der Waals surface area contributed by atoms with Crippen molar-refractivity contribution in [1.29, 1.82) is 0 Å². The van der Waals surface area contributed by atoms with Crippen molar-refractivity contribution < 1.29 is 23.8 Å². The van der Waals surface area contributed by atoms with Crippen LogP contribution < -0.4 is 0 Å². The number of aliphatic hydroxyl groups excluding tert-OH is 2. The second kappa shape index (κ2) is 8.80. The van der Waals surface area contributed by atoms with E-state index in [0.717, 1.165) is 0 Å². The molecule has 0 fully saturated rings. The number of rotatable bonds is 8. The van der Waals surface area contributed by atoms with Crippen molar-refractivity contribution in [3.05, 3.63) is 0 Å². The molecule has 0 rings (SSSR count). The van der Waals surface area contributed by atoms with Crippen LogP contribution in [0.1, 0.15) is 0 Å². The van der Waals surface area contributed by atoms with Gasteiger partial charge >= 0.3 is 8.25 Å². The minimum atomic E-state index is -2.34. The molecule has 14 heavy (non-hydrogen) atoms. The third-order valence-corrected chi connectivity index (χ3v) is 2.53. The molecule has 0 amide bonds. The summed E-state index contributed by atoms with van der Waals surface area (Å²) in [5.41, 5.74) is 0. The Hall–Kier alpha value is 0.520. The third-order valence-electron chi connectivity index (χ3n) is 1.10. The predicted molar refractivity (Wildman–Crippen MR) is 53.0 cm³/mol. The Morgan fingerprint density at radius 2 is 1.43 bits per heavy atom. The van der Waals surface area contributed by atoms with Gasteiger partial charge in [-0.15, -0.1) is 32.2 Å². The highest BCUT2D eigenvalue weighted by Crippen LogP contribution is 2.24. The first-order chi connectivity index (χ1) is 6.60. The predicted octanol–water partition coefficient (Wildman–Crippen LogP) is 0.876. The van der Waals surface area contributed by atoms with Gasteiger partial charge in [-0.25, -0.2) is 0 Å². The Bertz CT molecular complexity index is 154. The quantitative estimate of drug-likeness (QED) is 0.503. The minimum Gasteiger partial charge on any atom is -0.389 e. The molecule has 8 heteroatoms. The standard InChI is InChI=1S/C6H12Cl2O5P/c7-1-5(9)3-12-14(11)13-4-6(10)2-8/h5-6,9-10H,1-4H2/q+1. The van der Waals surface area contributed by atoms with Crippen LogP contribution in [-0.2, 0) is 13.6 Å². The fraction of sp³-hybridized carbons (Fsp3) is 1.00. The van der Waals surface area contributed by atoms with Gasteiger partial charge in [0, 0.05) is 4.57 Å². The van der Waals surface area contributed by atoms with Crippen LogP contribution in [0.5, 0.6) is 0 Å². The Balaban J connectivity index is 3.46. The fourth-order valence-corrected chi connectivity index (χ4v) is 1.26. The van der Waals surface area contributed by atoms with Crippen molar-refractivity contribution in [2.75, 3.05) is 25.0 Å². The molecule has 0 aromatic rings. The molecular weight excluding hydrogens is 254 g/mol. The smallest absolute Gasteiger partial charge is 0.389 e. The molecule has 0 aliphatic rings. The number of hydrogen-bond acceptors (Lipinski definition) is 5. The summed E-state index contributed by atoms with van der Waals surface area (Å²) in [5, 5.41) is 17.8. The molecule has 84 valence electrons. The summed E-state index contributed by atoms with van der Waals surface area (Å²) < 4.78 is 20.1. The summed E-state index contributed by atoms with van der Waals surface area (Å²) in [5.74, 6) is -0.0129. The minimum absolute atomic E-state index is 0.00647. The lowest BCUT2D eigenvalue weighted by atomic mass is 10.4. The van der Waals surface area contributed by atoms with Crippen molar-refractivity contribution in [3.8, 4) is 0 Å². The first-order valence-corrected chi connectivity index (χ1v) is 5.97. The molecule has 0 aliphatic heterocycles. The average Bonchev–Trinajstić information content (AvgIpc) is 2.22. The first kappa shape index (κ1) is 14.5. The SMILES string of the molecule is O=[P+](OCC(O)CCl)OCC(O)CCl. The molecule has 2 atom stereocenters. The normalized spacial score (nSPS) is 16.4. The van der Waals surface area contributed by atoms with Gasteiger partial charge in [0.05, 0.1) is 24.0 Å². The highest BCUT2D eigenvalue weighted by molar-refractivity contribution is 7.33. The molecule has 0 heterocycles. The van der Waals surface area contributed by atoms with Crippen LogP contribution in [0.4, 0.5) is 0 Å². The molecule has 0 bridgehead atoms. The van der Waals surface area contributed by atoms with Crippen LogP contribution in [0.15, 0.2) is 0 Å². The monoisotopic (exact) mass is 265 g/mol. The molecule has 0 saturated carbocycles. The summed E-state index contributed by atoms with van der Waals surface area (Å²) in [6.07, 6.45) is -1.76. The van der Waals surface area contributed by atoms with Crippen LogP contribution in [0.25, 0.3) is 0 Å². The summed E-state index contributed by atoms with van der Waals surface area (Å²) in [6.45, 7) is -0.342. The molecule has 0 aliphatic carbocycles. The van der Waals surface area contributed by atoms with Gasteiger partial charge in [-0.1, -0.05) is 0 Å². The van der Waals surface area contributed by atoms with E-state index in [1.165, 1.54) is 0 Å². The van der Waals surface area contributed by atoms with Crippen LogP contribution in [0, 0.1) is 0 Å². The first-order valence-electron chi connectivity index (χ1n) is 3.81. The van der Waals surface area contributed by atoms with Crippen molar-refractivity contribution in [3.63, 3.8) is 0 Å². The highest BCUT2D eigenvalue weighted by Gasteiger charge is 2.23. The maximum absolute atomic E-state index is 10.9. The third kappa shape index (κ3) is 7.88. The zero-order valence-corrected chi connectivity index (χ0v) is 9.71. The Morgan fingerprint density at radius 3 is 1.71 bits per heavy atom. The lowest BCUT2D eigenvalue weighted by Gasteiger charge is -2.00. The topological polar surface area (TPSA) is 76.0 Å². The largest absolute Gasteiger partial charge is 0.697 e. The van der Waals surface area contributed by atoms with Crippen LogP contribution in [0.2, 0.25) is 0 Å². The summed E-state index contributed by atoms with van der Waals surface area (Å²) in [6, 6.07) is 0. The van der Waals surface area contributed by atoms with Crippen molar-refractivity contribution >= 4 is 31.5 Å². The van der Waals surface area contributed by atoms with Gasteiger partial charge in [0.25, 0.3) is 0 Å². The molecule has 5 nitrogen and oxygen atoms in total. The fourth-order valence-electron chi connectivity index (χ4n) is 0.420. The maximum Gasteiger partial charge on any atom is 0.697 e. The second-order valence-electron chi connectivity index (χ2n) is 2.43. The Kier molecular flexibility index (Phi) is 9.13. The van der Waals surface area contributed by atoms with Gasteiger partial charge in [-0.3, -0.25) is 0 Å². The molecular formula is C6H12Cl2O5P+. The van der Waals surface area contributed by atoms with E-state index in [4.69, 9.17) is 33.4 Å².